The first-order chi connectivity index (χ1) is 19.4. The van der Waals surface area contributed by atoms with Crippen molar-refractivity contribution in [2.24, 2.45) is 0 Å². The van der Waals surface area contributed by atoms with E-state index in [4.69, 9.17) is 4.42 Å². The Morgan fingerprint density at radius 1 is 0.410 bits per heavy atom. The minimum absolute atomic E-state index is 0.916. The van der Waals surface area contributed by atoms with E-state index in [1.807, 2.05) is 6.07 Å². The number of furan rings is 1. The second kappa shape index (κ2) is 7.62. The molecule has 0 aliphatic rings. The molecule has 3 aromatic heterocycles. The number of hydrogen-bond acceptors (Lipinski definition) is 1. The van der Waals surface area contributed by atoms with E-state index in [2.05, 4.69) is 137 Å². The van der Waals surface area contributed by atoms with E-state index in [-0.39, 0.29) is 0 Å². The minimum Gasteiger partial charge on any atom is -0.455 e. The summed E-state index contributed by atoms with van der Waals surface area (Å²) in [5.74, 6) is 0. The van der Waals surface area contributed by atoms with Crippen molar-refractivity contribution < 1.29 is 4.42 Å². The van der Waals surface area contributed by atoms with Gasteiger partial charge in [-0.3, -0.25) is 0 Å². The van der Waals surface area contributed by atoms with Crippen LogP contribution in [0.1, 0.15) is 0 Å². The first kappa shape index (κ1) is 20.7. The second-order valence-electron chi connectivity index (χ2n) is 10.1. The Hall–Kier alpha value is -5.28. The molecule has 3 nitrogen and oxygen atoms in total. The second-order valence-corrected chi connectivity index (χ2v) is 10.1. The average Bonchev–Trinajstić information content (AvgIpc) is 3.65. The molecule has 0 aliphatic carbocycles. The Bertz CT molecular complexity index is 2330. The van der Waals surface area contributed by atoms with Crippen molar-refractivity contribution in [1.82, 2.24) is 9.13 Å². The van der Waals surface area contributed by atoms with Gasteiger partial charge in [0.2, 0.25) is 0 Å². The van der Waals surface area contributed by atoms with E-state index in [0.717, 1.165) is 49.7 Å². The van der Waals surface area contributed by atoms with Crippen molar-refractivity contribution in [2.45, 2.75) is 0 Å². The number of para-hydroxylation sites is 5. The highest BCUT2D eigenvalue weighted by molar-refractivity contribution is 6.25. The lowest BCUT2D eigenvalue weighted by molar-refractivity contribution is 0.673. The van der Waals surface area contributed by atoms with Crippen LogP contribution in [0.3, 0.4) is 0 Å². The predicted octanol–water partition coefficient (Wildman–Crippen LogP) is 9.78. The molecular formula is C36H22N2O. The number of hydrogen-bond donors (Lipinski definition) is 0. The molecule has 3 heteroatoms. The molecular weight excluding hydrogens is 476 g/mol. The van der Waals surface area contributed by atoms with Crippen molar-refractivity contribution in [3.63, 3.8) is 0 Å². The van der Waals surface area contributed by atoms with Gasteiger partial charge < -0.3 is 13.6 Å². The number of aromatic nitrogens is 2. The Balaban J connectivity index is 1.53. The molecule has 0 amide bonds. The highest BCUT2D eigenvalue weighted by atomic mass is 16.3. The lowest BCUT2D eigenvalue weighted by Gasteiger charge is -2.14. The zero-order chi connectivity index (χ0) is 25.5. The number of benzene rings is 6. The summed E-state index contributed by atoms with van der Waals surface area (Å²) in [5.41, 5.74) is 8.83. The first-order valence-corrected chi connectivity index (χ1v) is 13.3. The normalized spacial score (nSPS) is 12.1. The van der Waals surface area contributed by atoms with E-state index in [1.54, 1.807) is 0 Å². The molecule has 0 atom stereocenters. The van der Waals surface area contributed by atoms with Crippen LogP contribution in [0.15, 0.2) is 138 Å². The van der Waals surface area contributed by atoms with Crippen molar-refractivity contribution in [3.05, 3.63) is 133 Å². The monoisotopic (exact) mass is 498 g/mol. The molecule has 9 aromatic rings. The molecule has 0 radical (unpaired) electrons. The lowest BCUT2D eigenvalue weighted by Crippen LogP contribution is -2.00. The van der Waals surface area contributed by atoms with Gasteiger partial charge in [-0.15, -0.1) is 0 Å². The Morgan fingerprint density at radius 3 is 1.82 bits per heavy atom. The lowest BCUT2D eigenvalue weighted by atomic mass is 10.1. The number of nitrogens with zero attached hydrogens (tertiary/aromatic N) is 2. The van der Waals surface area contributed by atoms with Crippen LogP contribution in [0, 0.1) is 0 Å². The number of rotatable bonds is 2. The van der Waals surface area contributed by atoms with E-state index in [9.17, 15) is 0 Å². The zero-order valence-electron chi connectivity index (χ0n) is 21.0. The van der Waals surface area contributed by atoms with Crippen molar-refractivity contribution in [2.75, 3.05) is 0 Å². The van der Waals surface area contributed by atoms with Gasteiger partial charge in [0.15, 0.2) is 0 Å². The maximum Gasteiger partial charge on any atom is 0.145 e. The van der Waals surface area contributed by atoms with Gasteiger partial charge in [-0.05, 0) is 48.5 Å². The van der Waals surface area contributed by atoms with E-state index in [1.165, 1.54) is 27.2 Å². The van der Waals surface area contributed by atoms with Crippen LogP contribution in [-0.4, -0.2) is 9.13 Å². The summed E-state index contributed by atoms with van der Waals surface area (Å²) in [5, 5.41) is 7.13. The molecule has 0 unspecified atom stereocenters. The highest BCUT2D eigenvalue weighted by Crippen LogP contribution is 2.43. The fraction of sp³-hybridized carbons (Fsp3) is 0. The molecule has 0 bridgehead atoms. The fourth-order valence-electron chi connectivity index (χ4n) is 6.52. The van der Waals surface area contributed by atoms with Gasteiger partial charge in [-0.2, -0.15) is 0 Å². The topological polar surface area (TPSA) is 23.0 Å². The van der Waals surface area contributed by atoms with Crippen LogP contribution in [0.2, 0.25) is 0 Å². The molecule has 3 heterocycles. The van der Waals surface area contributed by atoms with Crippen LogP contribution in [0.5, 0.6) is 0 Å². The third-order valence-corrected chi connectivity index (χ3v) is 8.11. The summed E-state index contributed by atoms with van der Waals surface area (Å²) in [6.07, 6.45) is 0. The third-order valence-electron chi connectivity index (χ3n) is 8.11. The van der Waals surface area contributed by atoms with Crippen LogP contribution < -0.4 is 0 Å². The summed E-state index contributed by atoms with van der Waals surface area (Å²) in [4.78, 5) is 0. The van der Waals surface area contributed by atoms with Crippen LogP contribution >= 0.6 is 0 Å². The summed E-state index contributed by atoms with van der Waals surface area (Å²) in [6, 6.07) is 47.5. The molecule has 39 heavy (non-hydrogen) atoms. The maximum absolute atomic E-state index is 6.57. The van der Waals surface area contributed by atoms with E-state index >= 15 is 0 Å². The standard InChI is InChI=1S/C36H22N2O/c1-2-11-23(12-3-1)37-31-22-21-27-26-15-6-9-20-33(26)39-36(27)34(31)28-16-10-19-32(35(28)37)38-29-17-7-4-13-24(29)25-14-5-8-18-30(25)38/h1-22H. The van der Waals surface area contributed by atoms with Crippen LogP contribution in [0.25, 0.3) is 76.9 Å². The fourth-order valence-corrected chi connectivity index (χ4v) is 6.52. The van der Waals surface area contributed by atoms with Gasteiger partial charge in [0, 0.05) is 32.6 Å². The molecule has 6 aromatic carbocycles. The average molecular weight is 499 g/mol. The van der Waals surface area contributed by atoms with Gasteiger partial charge in [-0.1, -0.05) is 84.9 Å². The number of fused-ring (bicyclic) bond motifs is 10. The molecule has 0 N–H and O–H groups in total. The van der Waals surface area contributed by atoms with E-state index < -0.39 is 0 Å². The summed E-state index contributed by atoms with van der Waals surface area (Å²) in [6.45, 7) is 0. The predicted molar refractivity (Wildman–Crippen MR) is 162 cm³/mol. The van der Waals surface area contributed by atoms with Gasteiger partial charge in [-0.25, -0.2) is 0 Å². The Labute approximate surface area is 223 Å². The summed E-state index contributed by atoms with van der Waals surface area (Å²) < 4.78 is 11.4. The molecule has 0 saturated carbocycles. The molecule has 0 fully saturated rings. The van der Waals surface area contributed by atoms with Gasteiger partial charge in [0.05, 0.1) is 33.1 Å². The largest absolute Gasteiger partial charge is 0.455 e. The highest BCUT2D eigenvalue weighted by Gasteiger charge is 2.22. The molecule has 0 aliphatic heterocycles. The Morgan fingerprint density at radius 2 is 1.05 bits per heavy atom. The quantitative estimate of drug-likeness (QED) is 0.233. The summed E-state index contributed by atoms with van der Waals surface area (Å²) >= 11 is 0. The van der Waals surface area contributed by atoms with Crippen molar-refractivity contribution in [3.8, 4) is 11.4 Å². The van der Waals surface area contributed by atoms with Gasteiger partial charge in [0.1, 0.15) is 11.2 Å². The van der Waals surface area contributed by atoms with Crippen LogP contribution in [-0.2, 0) is 0 Å². The molecule has 182 valence electrons. The maximum atomic E-state index is 6.57. The molecule has 0 spiro atoms. The third kappa shape index (κ3) is 2.71. The first-order valence-electron chi connectivity index (χ1n) is 13.3. The molecule has 0 saturated heterocycles. The SMILES string of the molecule is c1ccc(-n2c3ccc4c5ccccc5oc4c3c3cccc(-n4c5ccccc5c5ccccc54)c32)cc1. The minimum atomic E-state index is 0.916. The van der Waals surface area contributed by atoms with Crippen LogP contribution in [0.4, 0.5) is 0 Å². The van der Waals surface area contributed by atoms with Crippen molar-refractivity contribution in [1.29, 1.82) is 0 Å². The Kier molecular flexibility index (Phi) is 4.05. The van der Waals surface area contributed by atoms with Crippen molar-refractivity contribution >= 4 is 65.6 Å². The smallest absolute Gasteiger partial charge is 0.145 e. The molecule has 9 rings (SSSR count). The van der Waals surface area contributed by atoms with E-state index in [0.29, 0.717) is 0 Å². The van der Waals surface area contributed by atoms with Gasteiger partial charge in [0.25, 0.3) is 0 Å². The zero-order valence-corrected chi connectivity index (χ0v) is 21.0. The summed E-state index contributed by atoms with van der Waals surface area (Å²) in [7, 11) is 0. The van der Waals surface area contributed by atoms with Gasteiger partial charge >= 0.3 is 0 Å².